The Morgan fingerprint density at radius 1 is 0.824 bits per heavy atom. The van der Waals surface area contributed by atoms with Crippen LogP contribution in [0.4, 0.5) is 0 Å². The van der Waals surface area contributed by atoms with Crippen molar-refractivity contribution in [2.75, 3.05) is 6.54 Å². The second kappa shape index (κ2) is 4.78. The Kier molecular flexibility index (Phi) is 3.36. The number of aromatic nitrogens is 1. The summed E-state index contributed by atoms with van der Waals surface area (Å²) in [6, 6.07) is 17.0. The highest BCUT2D eigenvalue weighted by Gasteiger charge is 2.07. The molecule has 0 radical (unpaired) electrons. The van der Waals surface area contributed by atoms with Gasteiger partial charge in [0.25, 0.3) is 0 Å². The molecule has 0 aliphatic heterocycles. The van der Waals surface area contributed by atoms with Crippen LogP contribution in [0.1, 0.15) is 0 Å². The molecule has 0 amide bonds. The summed E-state index contributed by atoms with van der Waals surface area (Å²) in [4.78, 5) is 0. The summed E-state index contributed by atoms with van der Waals surface area (Å²) in [6.45, 7) is 1.54. The predicted molar refractivity (Wildman–Crippen MR) is 75.7 cm³/mol. The zero-order valence-corrected chi connectivity index (χ0v) is 10.3. The number of benzene rings is 2. The van der Waals surface area contributed by atoms with Crippen molar-refractivity contribution >= 4 is 34.2 Å². The maximum absolute atomic E-state index is 5.68. The minimum Gasteiger partial charge on any atom is -0.339 e. The molecule has 1 aromatic heterocycles. The van der Waals surface area contributed by atoms with E-state index in [1.165, 1.54) is 21.8 Å². The molecule has 2 nitrogen and oxygen atoms in total. The van der Waals surface area contributed by atoms with Gasteiger partial charge in [-0.1, -0.05) is 36.4 Å². The summed E-state index contributed by atoms with van der Waals surface area (Å²) < 4.78 is 2.30. The van der Waals surface area contributed by atoms with E-state index < -0.39 is 0 Å². The molecule has 3 aromatic rings. The average molecular weight is 247 g/mol. The van der Waals surface area contributed by atoms with Crippen LogP contribution in [0, 0.1) is 0 Å². The van der Waals surface area contributed by atoms with Gasteiger partial charge in [0.2, 0.25) is 0 Å². The molecule has 2 aromatic carbocycles. The molecule has 0 aliphatic carbocycles. The topological polar surface area (TPSA) is 30.9 Å². The van der Waals surface area contributed by atoms with E-state index in [2.05, 4.69) is 53.1 Å². The van der Waals surface area contributed by atoms with Crippen LogP contribution in [0.5, 0.6) is 0 Å². The van der Waals surface area contributed by atoms with Gasteiger partial charge in [-0.05, 0) is 12.1 Å². The molecular weight excluding hydrogens is 232 g/mol. The first-order valence-corrected chi connectivity index (χ1v) is 5.58. The van der Waals surface area contributed by atoms with Crippen LogP contribution in [0.15, 0.2) is 48.5 Å². The van der Waals surface area contributed by atoms with Crippen LogP contribution in [0.3, 0.4) is 0 Å². The van der Waals surface area contributed by atoms with E-state index in [0.29, 0.717) is 6.54 Å². The van der Waals surface area contributed by atoms with E-state index in [1.807, 2.05) is 0 Å². The zero-order chi connectivity index (χ0) is 11.0. The number of hydrogen-bond acceptors (Lipinski definition) is 1. The van der Waals surface area contributed by atoms with Gasteiger partial charge in [-0.15, -0.1) is 12.4 Å². The summed E-state index contributed by atoms with van der Waals surface area (Å²) in [7, 11) is 0. The van der Waals surface area contributed by atoms with Gasteiger partial charge in [0.1, 0.15) is 0 Å². The molecule has 0 aliphatic rings. The van der Waals surface area contributed by atoms with Crippen LogP contribution in [-0.2, 0) is 6.54 Å². The Morgan fingerprint density at radius 3 is 1.76 bits per heavy atom. The van der Waals surface area contributed by atoms with Gasteiger partial charge in [-0.25, -0.2) is 0 Å². The highest BCUT2D eigenvalue weighted by atomic mass is 35.5. The summed E-state index contributed by atoms with van der Waals surface area (Å²) in [5.41, 5.74) is 8.23. The maximum atomic E-state index is 5.68. The summed E-state index contributed by atoms with van der Waals surface area (Å²) in [5, 5.41) is 2.62. The molecule has 0 spiro atoms. The van der Waals surface area contributed by atoms with E-state index in [9.17, 15) is 0 Å². The van der Waals surface area contributed by atoms with E-state index in [-0.39, 0.29) is 12.4 Å². The molecule has 0 atom stereocenters. The lowest BCUT2D eigenvalue weighted by Gasteiger charge is -2.04. The van der Waals surface area contributed by atoms with Crippen LogP contribution in [-0.4, -0.2) is 11.1 Å². The van der Waals surface area contributed by atoms with Crippen LogP contribution >= 0.6 is 12.4 Å². The fourth-order valence-corrected chi connectivity index (χ4v) is 2.37. The van der Waals surface area contributed by atoms with E-state index in [1.54, 1.807) is 0 Å². The number of para-hydroxylation sites is 2. The maximum Gasteiger partial charge on any atom is 0.0491 e. The molecule has 3 heteroatoms. The van der Waals surface area contributed by atoms with Crippen molar-refractivity contribution in [1.82, 2.24) is 4.57 Å². The molecule has 0 unspecified atom stereocenters. The minimum absolute atomic E-state index is 0. The highest BCUT2D eigenvalue weighted by Crippen LogP contribution is 2.28. The molecule has 0 saturated heterocycles. The van der Waals surface area contributed by atoms with Crippen molar-refractivity contribution in [2.24, 2.45) is 5.73 Å². The van der Waals surface area contributed by atoms with Crippen LogP contribution in [0.25, 0.3) is 21.8 Å². The van der Waals surface area contributed by atoms with E-state index >= 15 is 0 Å². The Hall–Kier alpha value is -1.51. The number of nitrogens with two attached hydrogens (primary N) is 1. The van der Waals surface area contributed by atoms with Crippen molar-refractivity contribution in [3.63, 3.8) is 0 Å². The van der Waals surface area contributed by atoms with Gasteiger partial charge >= 0.3 is 0 Å². The largest absolute Gasteiger partial charge is 0.339 e. The first-order chi connectivity index (χ1) is 7.92. The Balaban J connectivity index is 0.00000108. The molecule has 17 heavy (non-hydrogen) atoms. The second-order valence-electron chi connectivity index (χ2n) is 3.97. The lowest BCUT2D eigenvalue weighted by atomic mass is 10.2. The standard InChI is InChI=1S/C14H14N2.ClH/c15-9-10-16-13-7-3-1-5-11(13)12-6-2-4-8-14(12)16;/h1-8H,9-10,15H2;1H. The Labute approximate surface area is 106 Å². The molecule has 2 N–H and O–H groups in total. The fourth-order valence-electron chi connectivity index (χ4n) is 2.37. The summed E-state index contributed by atoms with van der Waals surface area (Å²) in [5.74, 6) is 0. The number of hydrogen-bond donors (Lipinski definition) is 1. The molecular formula is C14H15ClN2. The van der Waals surface area contributed by atoms with Gasteiger partial charge in [0.05, 0.1) is 0 Å². The average Bonchev–Trinajstić information content (AvgIpc) is 2.66. The van der Waals surface area contributed by atoms with Gasteiger partial charge in [0.15, 0.2) is 0 Å². The van der Waals surface area contributed by atoms with Crippen molar-refractivity contribution in [1.29, 1.82) is 0 Å². The van der Waals surface area contributed by atoms with Crippen molar-refractivity contribution in [2.45, 2.75) is 6.54 Å². The molecule has 0 saturated carbocycles. The van der Waals surface area contributed by atoms with E-state index in [0.717, 1.165) is 6.54 Å². The smallest absolute Gasteiger partial charge is 0.0491 e. The number of fused-ring (bicyclic) bond motifs is 3. The van der Waals surface area contributed by atoms with Crippen LogP contribution in [0.2, 0.25) is 0 Å². The lowest BCUT2D eigenvalue weighted by molar-refractivity contribution is 0.758. The third-order valence-electron chi connectivity index (χ3n) is 3.03. The monoisotopic (exact) mass is 246 g/mol. The SMILES string of the molecule is Cl.NCCn1c2ccccc2c2ccccc21. The molecule has 1 heterocycles. The minimum atomic E-state index is 0. The first kappa shape index (κ1) is 12.0. The van der Waals surface area contributed by atoms with Gasteiger partial charge < -0.3 is 10.3 Å². The van der Waals surface area contributed by atoms with Crippen molar-refractivity contribution < 1.29 is 0 Å². The quantitative estimate of drug-likeness (QED) is 0.740. The number of halogens is 1. The zero-order valence-electron chi connectivity index (χ0n) is 9.47. The lowest BCUT2D eigenvalue weighted by Crippen LogP contribution is -2.09. The molecule has 0 bridgehead atoms. The second-order valence-corrected chi connectivity index (χ2v) is 3.97. The fraction of sp³-hybridized carbons (Fsp3) is 0.143. The normalized spacial score (nSPS) is 10.6. The van der Waals surface area contributed by atoms with Gasteiger partial charge in [-0.3, -0.25) is 0 Å². The van der Waals surface area contributed by atoms with Gasteiger partial charge in [0, 0.05) is 34.9 Å². The highest BCUT2D eigenvalue weighted by molar-refractivity contribution is 6.07. The van der Waals surface area contributed by atoms with Gasteiger partial charge in [-0.2, -0.15) is 0 Å². The van der Waals surface area contributed by atoms with Crippen LogP contribution < -0.4 is 5.73 Å². The predicted octanol–water partition coefficient (Wildman–Crippen LogP) is 3.18. The number of rotatable bonds is 2. The third-order valence-corrected chi connectivity index (χ3v) is 3.03. The van der Waals surface area contributed by atoms with E-state index in [4.69, 9.17) is 5.73 Å². The van der Waals surface area contributed by atoms with Crippen molar-refractivity contribution in [3.8, 4) is 0 Å². The first-order valence-electron chi connectivity index (χ1n) is 5.58. The molecule has 88 valence electrons. The van der Waals surface area contributed by atoms with Crippen molar-refractivity contribution in [3.05, 3.63) is 48.5 Å². The summed E-state index contributed by atoms with van der Waals surface area (Å²) in [6.07, 6.45) is 0. The summed E-state index contributed by atoms with van der Waals surface area (Å²) >= 11 is 0. The Morgan fingerprint density at radius 2 is 1.29 bits per heavy atom. The third kappa shape index (κ3) is 1.79. The number of nitrogens with zero attached hydrogens (tertiary/aromatic N) is 1. The molecule has 3 rings (SSSR count). The Bertz CT molecular complexity index is 590. The molecule has 0 fully saturated rings.